The molecule has 29 heavy (non-hydrogen) atoms. The highest BCUT2D eigenvalue weighted by atomic mass is 35.5. The topological polar surface area (TPSA) is 63.0 Å². The molecule has 1 aliphatic heterocycles. The van der Waals surface area contributed by atoms with Gasteiger partial charge >= 0.3 is 0 Å². The molecule has 0 saturated carbocycles. The molecule has 0 N–H and O–H groups in total. The van der Waals surface area contributed by atoms with Crippen LogP contribution in [-0.4, -0.2) is 57.6 Å². The van der Waals surface area contributed by atoms with Crippen molar-refractivity contribution >= 4 is 23.2 Å². The van der Waals surface area contributed by atoms with E-state index in [-0.39, 0.29) is 11.7 Å². The van der Waals surface area contributed by atoms with Crippen LogP contribution in [0, 0.1) is 12.7 Å². The highest BCUT2D eigenvalue weighted by molar-refractivity contribution is 6.31. The molecule has 0 bridgehead atoms. The second kappa shape index (κ2) is 7.61. The number of nitrogens with zero attached hydrogens (tertiary/aromatic N) is 5. The van der Waals surface area contributed by atoms with Gasteiger partial charge in [0.15, 0.2) is 5.65 Å². The number of hydrogen-bond acceptors (Lipinski definition) is 5. The molecule has 3 aromatic rings. The van der Waals surface area contributed by atoms with Crippen LogP contribution < -0.4 is 4.74 Å². The lowest BCUT2D eigenvalue weighted by atomic mass is 10.1. The van der Waals surface area contributed by atoms with E-state index in [0.29, 0.717) is 42.5 Å². The third-order valence-corrected chi connectivity index (χ3v) is 5.32. The molecular formula is C20H21ClFN5O2. The van der Waals surface area contributed by atoms with Crippen LogP contribution in [0.5, 0.6) is 5.75 Å². The summed E-state index contributed by atoms with van der Waals surface area (Å²) in [6.07, 6.45) is 1.59. The SMILES string of the molecule is Cc1c(Cl)cnc2c3c(nn12)CN(C(=O)c1ccc(F)cc1OCCN(C)C)C3. The lowest BCUT2D eigenvalue weighted by Gasteiger charge is -2.19. The van der Waals surface area contributed by atoms with Gasteiger partial charge in [0.2, 0.25) is 0 Å². The van der Waals surface area contributed by atoms with Gasteiger partial charge in [0, 0.05) is 24.4 Å². The van der Waals surface area contributed by atoms with E-state index in [1.54, 1.807) is 15.6 Å². The van der Waals surface area contributed by atoms with Crippen molar-refractivity contribution in [3.63, 3.8) is 0 Å². The van der Waals surface area contributed by atoms with Crippen molar-refractivity contribution < 1.29 is 13.9 Å². The number of halogens is 2. The van der Waals surface area contributed by atoms with E-state index in [2.05, 4.69) is 10.1 Å². The Morgan fingerprint density at radius 1 is 1.34 bits per heavy atom. The average Bonchev–Trinajstić information content (AvgIpc) is 3.23. The molecule has 0 atom stereocenters. The number of amides is 1. The number of hydrogen-bond donors (Lipinski definition) is 0. The number of ether oxygens (including phenoxy) is 1. The zero-order chi connectivity index (χ0) is 20.7. The molecule has 0 spiro atoms. The number of benzene rings is 1. The van der Waals surface area contributed by atoms with Gasteiger partial charge in [0.1, 0.15) is 18.2 Å². The predicted octanol–water partition coefficient (Wildman–Crippen LogP) is 2.93. The first-order valence-electron chi connectivity index (χ1n) is 9.23. The Kier molecular flexibility index (Phi) is 5.14. The summed E-state index contributed by atoms with van der Waals surface area (Å²) in [5, 5.41) is 5.10. The van der Waals surface area contributed by atoms with Crippen molar-refractivity contribution in [2.45, 2.75) is 20.0 Å². The van der Waals surface area contributed by atoms with Crippen molar-refractivity contribution in [2.24, 2.45) is 0 Å². The van der Waals surface area contributed by atoms with Gasteiger partial charge in [-0.05, 0) is 33.2 Å². The van der Waals surface area contributed by atoms with Crippen molar-refractivity contribution in [3.8, 4) is 5.75 Å². The summed E-state index contributed by atoms with van der Waals surface area (Å²) in [6.45, 7) is 3.61. The Balaban J connectivity index is 1.58. The van der Waals surface area contributed by atoms with Crippen molar-refractivity contribution in [1.82, 2.24) is 24.4 Å². The maximum Gasteiger partial charge on any atom is 0.258 e. The van der Waals surface area contributed by atoms with Gasteiger partial charge in [-0.3, -0.25) is 4.79 Å². The average molecular weight is 418 g/mol. The van der Waals surface area contributed by atoms with Crippen LogP contribution >= 0.6 is 11.6 Å². The first-order chi connectivity index (χ1) is 13.8. The fourth-order valence-corrected chi connectivity index (χ4v) is 3.45. The summed E-state index contributed by atoms with van der Waals surface area (Å²) in [4.78, 5) is 21.1. The maximum absolute atomic E-state index is 13.7. The lowest BCUT2D eigenvalue weighted by Crippen LogP contribution is -2.27. The number of carbonyl (C=O) groups excluding carboxylic acids is 1. The van der Waals surface area contributed by atoms with E-state index >= 15 is 0 Å². The summed E-state index contributed by atoms with van der Waals surface area (Å²) in [5.41, 5.74) is 3.51. The third-order valence-electron chi connectivity index (χ3n) is 4.95. The number of rotatable bonds is 5. The fourth-order valence-electron chi connectivity index (χ4n) is 3.33. The minimum atomic E-state index is -0.444. The normalized spacial score (nSPS) is 13.4. The molecule has 3 heterocycles. The van der Waals surface area contributed by atoms with Crippen LogP contribution in [0.1, 0.15) is 27.3 Å². The largest absolute Gasteiger partial charge is 0.491 e. The molecule has 1 amide bonds. The molecule has 0 unspecified atom stereocenters. The Morgan fingerprint density at radius 3 is 2.90 bits per heavy atom. The number of aromatic nitrogens is 3. The van der Waals surface area contributed by atoms with E-state index in [4.69, 9.17) is 16.3 Å². The van der Waals surface area contributed by atoms with E-state index in [0.717, 1.165) is 17.0 Å². The summed E-state index contributed by atoms with van der Waals surface area (Å²) in [7, 11) is 3.83. The van der Waals surface area contributed by atoms with Crippen LogP contribution in [0.3, 0.4) is 0 Å². The number of carbonyl (C=O) groups is 1. The Hall–Kier alpha value is -2.71. The number of likely N-dealkylation sites (N-methyl/N-ethyl adjacent to an activating group) is 1. The molecule has 4 rings (SSSR count). The molecule has 0 aliphatic carbocycles. The van der Waals surface area contributed by atoms with Crippen molar-refractivity contribution in [1.29, 1.82) is 0 Å². The van der Waals surface area contributed by atoms with E-state index < -0.39 is 5.82 Å². The Morgan fingerprint density at radius 2 is 2.14 bits per heavy atom. The van der Waals surface area contributed by atoms with Crippen LogP contribution in [-0.2, 0) is 13.1 Å². The molecule has 0 radical (unpaired) electrons. The molecule has 9 heteroatoms. The molecule has 1 aliphatic rings. The second-order valence-electron chi connectivity index (χ2n) is 7.31. The van der Waals surface area contributed by atoms with Crippen LogP contribution in [0.25, 0.3) is 5.65 Å². The molecule has 1 aromatic carbocycles. The van der Waals surface area contributed by atoms with Gasteiger partial charge in [-0.15, -0.1) is 0 Å². The first kappa shape index (κ1) is 19.6. The molecule has 0 saturated heterocycles. The predicted molar refractivity (Wildman–Crippen MR) is 107 cm³/mol. The van der Waals surface area contributed by atoms with Gasteiger partial charge in [0.25, 0.3) is 5.91 Å². The van der Waals surface area contributed by atoms with Gasteiger partial charge in [0.05, 0.1) is 35.1 Å². The van der Waals surface area contributed by atoms with Gasteiger partial charge in [-0.2, -0.15) is 5.10 Å². The number of fused-ring (bicyclic) bond motifs is 3. The summed E-state index contributed by atoms with van der Waals surface area (Å²) < 4.78 is 21.1. The molecule has 152 valence electrons. The monoisotopic (exact) mass is 417 g/mol. The molecular weight excluding hydrogens is 397 g/mol. The van der Waals surface area contributed by atoms with E-state index in [1.165, 1.54) is 18.2 Å². The van der Waals surface area contributed by atoms with Crippen molar-refractivity contribution in [3.05, 3.63) is 57.8 Å². The first-order valence-corrected chi connectivity index (χ1v) is 9.61. The highest BCUT2D eigenvalue weighted by Crippen LogP contribution is 2.30. The summed E-state index contributed by atoms with van der Waals surface area (Å²) in [6, 6.07) is 3.99. The lowest BCUT2D eigenvalue weighted by molar-refractivity contribution is 0.0745. The van der Waals surface area contributed by atoms with Gasteiger partial charge < -0.3 is 14.5 Å². The van der Waals surface area contributed by atoms with Gasteiger partial charge in [-0.1, -0.05) is 11.6 Å². The van der Waals surface area contributed by atoms with Crippen LogP contribution in [0.15, 0.2) is 24.4 Å². The number of aryl methyl sites for hydroxylation is 1. The highest BCUT2D eigenvalue weighted by Gasteiger charge is 2.31. The van der Waals surface area contributed by atoms with Crippen molar-refractivity contribution in [2.75, 3.05) is 27.2 Å². The zero-order valence-corrected chi connectivity index (χ0v) is 17.2. The molecule has 2 aromatic heterocycles. The van der Waals surface area contributed by atoms with E-state index in [9.17, 15) is 9.18 Å². The quantitative estimate of drug-likeness (QED) is 0.638. The zero-order valence-electron chi connectivity index (χ0n) is 16.4. The summed E-state index contributed by atoms with van der Waals surface area (Å²) in [5.74, 6) is -0.427. The Labute approximate surface area is 172 Å². The fraction of sp³-hybridized carbons (Fsp3) is 0.350. The molecule has 7 nitrogen and oxygen atoms in total. The third kappa shape index (κ3) is 3.65. The van der Waals surface area contributed by atoms with E-state index in [1.807, 2.05) is 25.9 Å². The standard InChI is InChI=1S/C20H21ClFN5O2/c1-12-16(21)9-23-19-15-10-26(11-17(15)24-27(12)19)20(28)14-5-4-13(22)8-18(14)29-7-6-25(2)3/h4-5,8-9H,6-7,10-11H2,1-3H3. The second-order valence-corrected chi connectivity index (χ2v) is 7.71. The minimum Gasteiger partial charge on any atom is -0.491 e. The Bertz CT molecular complexity index is 1100. The van der Waals surface area contributed by atoms with Crippen LogP contribution in [0.4, 0.5) is 4.39 Å². The van der Waals surface area contributed by atoms with Gasteiger partial charge in [-0.25, -0.2) is 13.9 Å². The minimum absolute atomic E-state index is 0.230. The smallest absolute Gasteiger partial charge is 0.258 e. The molecule has 0 fully saturated rings. The summed E-state index contributed by atoms with van der Waals surface area (Å²) >= 11 is 6.13. The van der Waals surface area contributed by atoms with Crippen LogP contribution in [0.2, 0.25) is 5.02 Å². The maximum atomic E-state index is 13.7.